The van der Waals surface area contributed by atoms with Crippen LogP contribution in [0.3, 0.4) is 0 Å². The number of nitrogens with two attached hydrogens (primary N) is 1. The van der Waals surface area contributed by atoms with Crippen molar-refractivity contribution in [1.82, 2.24) is 0 Å². The van der Waals surface area contributed by atoms with Gasteiger partial charge in [0.05, 0.1) is 11.3 Å². The molecule has 18 heavy (non-hydrogen) atoms. The van der Waals surface area contributed by atoms with Gasteiger partial charge in [-0.1, -0.05) is 12.1 Å². The molecule has 2 rings (SSSR count). The van der Waals surface area contributed by atoms with E-state index in [1.165, 1.54) is 6.07 Å². The molecule has 0 aliphatic heterocycles. The molecular weight excluding hydrogens is 238 g/mol. The Morgan fingerprint density at radius 2 is 1.67 bits per heavy atom. The number of primary amides is 1. The Balaban J connectivity index is 2.37. The lowest BCUT2D eigenvalue weighted by atomic mass is 10.1. The van der Waals surface area contributed by atoms with E-state index in [-0.39, 0.29) is 11.3 Å². The van der Waals surface area contributed by atoms with Crippen molar-refractivity contribution in [3.8, 4) is 0 Å². The van der Waals surface area contributed by atoms with Gasteiger partial charge in [-0.05, 0) is 24.3 Å². The Kier molecular flexibility index (Phi) is 3.23. The summed E-state index contributed by atoms with van der Waals surface area (Å²) < 4.78 is 26.0. The summed E-state index contributed by atoms with van der Waals surface area (Å²) in [6.45, 7) is 0. The maximum Gasteiger partial charge on any atom is 0.250 e. The molecule has 3 N–H and O–H groups in total. The number of rotatable bonds is 3. The maximum atomic E-state index is 13.0. The van der Waals surface area contributed by atoms with Gasteiger partial charge in [-0.2, -0.15) is 0 Å². The number of hydrogen-bond donors (Lipinski definition) is 2. The minimum absolute atomic E-state index is 0.209. The van der Waals surface area contributed by atoms with Crippen molar-refractivity contribution in [2.45, 2.75) is 0 Å². The number of halogens is 2. The van der Waals surface area contributed by atoms with Gasteiger partial charge in [0, 0.05) is 11.8 Å². The van der Waals surface area contributed by atoms with Crippen LogP contribution >= 0.6 is 0 Å². The van der Waals surface area contributed by atoms with Gasteiger partial charge in [-0.3, -0.25) is 4.79 Å². The largest absolute Gasteiger partial charge is 0.366 e. The topological polar surface area (TPSA) is 55.1 Å². The van der Waals surface area contributed by atoms with Crippen molar-refractivity contribution in [3.63, 3.8) is 0 Å². The maximum absolute atomic E-state index is 13.0. The van der Waals surface area contributed by atoms with Crippen LogP contribution in [-0.4, -0.2) is 5.91 Å². The molecule has 3 nitrogen and oxygen atoms in total. The lowest BCUT2D eigenvalue weighted by Crippen LogP contribution is -2.13. The second kappa shape index (κ2) is 4.83. The Hall–Kier alpha value is -2.43. The Morgan fingerprint density at radius 3 is 2.28 bits per heavy atom. The predicted octanol–water partition coefficient (Wildman–Crippen LogP) is 2.81. The van der Waals surface area contributed by atoms with Gasteiger partial charge in [0.2, 0.25) is 0 Å². The van der Waals surface area contributed by atoms with Gasteiger partial charge in [0.15, 0.2) is 0 Å². The molecule has 0 radical (unpaired) electrons. The molecule has 0 aliphatic carbocycles. The zero-order chi connectivity index (χ0) is 13.1. The van der Waals surface area contributed by atoms with Gasteiger partial charge in [0.25, 0.3) is 5.91 Å². The first-order chi connectivity index (χ1) is 8.56. The van der Waals surface area contributed by atoms with E-state index in [4.69, 9.17) is 5.73 Å². The molecule has 2 aromatic rings. The minimum Gasteiger partial charge on any atom is -0.366 e. The molecule has 92 valence electrons. The summed E-state index contributed by atoms with van der Waals surface area (Å²) in [5, 5.41) is 2.75. The highest BCUT2D eigenvalue weighted by molar-refractivity contribution is 5.99. The predicted molar refractivity (Wildman–Crippen MR) is 64.6 cm³/mol. The van der Waals surface area contributed by atoms with Gasteiger partial charge in [-0.25, -0.2) is 8.78 Å². The van der Waals surface area contributed by atoms with Crippen LogP contribution in [-0.2, 0) is 0 Å². The number of nitrogens with one attached hydrogen (secondary N) is 1. The molecule has 5 heteroatoms. The normalized spacial score (nSPS) is 10.1. The molecule has 0 unspecified atom stereocenters. The number of hydrogen-bond acceptors (Lipinski definition) is 2. The zero-order valence-electron chi connectivity index (χ0n) is 9.28. The fourth-order valence-electron chi connectivity index (χ4n) is 1.59. The standard InChI is InChI=1S/C13H10F2N2O/c14-8-5-9(15)7-10(6-8)17-12-4-2-1-3-11(12)13(16)18/h1-7,17H,(H2,16,18). The van der Waals surface area contributed by atoms with Gasteiger partial charge in [-0.15, -0.1) is 0 Å². The van der Waals surface area contributed by atoms with Crippen LogP contribution in [0.2, 0.25) is 0 Å². The molecule has 0 heterocycles. The van der Waals surface area contributed by atoms with Crippen LogP contribution in [0.15, 0.2) is 42.5 Å². The number of benzene rings is 2. The fraction of sp³-hybridized carbons (Fsp3) is 0. The van der Waals surface area contributed by atoms with E-state index in [0.717, 1.165) is 18.2 Å². The second-order valence-electron chi connectivity index (χ2n) is 3.69. The van der Waals surface area contributed by atoms with Crippen LogP contribution < -0.4 is 11.1 Å². The van der Waals surface area contributed by atoms with E-state index < -0.39 is 17.5 Å². The lowest BCUT2D eigenvalue weighted by molar-refractivity contribution is 0.100. The highest BCUT2D eigenvalue weighted by Crippen LogP contribution is 2.22. The summed E-state index contributed by atoms with van der Waals surface area (Å²) in [5.74, 6) is -2.02. The number of carbonyl (C=O) groups is 1. The molecule has 0 saturated heterocycles. The highest BCUT2D eigenvalue weighted by Gasteiger charge is 2.08. The van der Waals surface area contributed by atoms with E-state index >= 15 is 0 Å². The van der Waals surface area contributed by atoms with Crippen molar-refractivity contribution < 1.29 is 13.6 Å². The van der Waals surface area contributed by atoms with Crippen LogP contribution in [0, 0.1) is 11.6 Å². The smallest absolute Gasteiger partial charge is 0.250 e. The van der Waals surface area contributed by atoms with Gasteiger partial charge >= 0.3 is 0 Å². The average Bonchev–Trinajstić information content (AvgIpc) is 2.27. The first kappa shape index (κ1) is 12.0. The van der Waals surface area contributed by atoms with Crippen LogP contribution in [0.4, 0.5) is 20.2 Å². The second-order valence-corrected chi connectivity index (χ2v) is 3.69. The van der Waals surface area contributed by atoms with Crippen molar-refractivity contribution in [2.24, 2.45) is 5.73 Å². The number of para-hydroxylation sites is 1. The summed E-state index contributed by atoms with van der Waals surface area (Å²) in [6.07, 6.45) is 0. The van der Waals surface area contributed by atoms with Crippen molar-refractivity contribution >= 4 is 17.3 Å². The molecule has 2 aromatic carbocycles. The highest BCUT2D eigenvalue weighted by atomic mass is 19.1. The third-order valence-electron chi connectivity index (χ3n) is 2.33. The zero-order valence-corrected chi connectivity index (χ0v) is 9.28. The van der Waals surface area contributed by atoms with E-state index in [9.17, 15) is 13.6 Å². The van der Waals surface area contributed by atoms with Crippen LogP contribution in [0.25, 0.3) is 0 Å². The third kappa shape index (κ3) is 2.63. The van der Waals surface area contributed by atoms with Crippen molar-refractivity contribution in [2.75, 3.05) is 5.32 Å². The fourth-order valence-corrected chi connectivity index (χ4v) is 1.59. The molecule has 0 spiro atoms. The van der Waals surface area contributed by atoms with Gasteiger partial charge in [0.1, 0.15) is 11.6 Å². The summed E-state index contributed by atoms with van der Waals surface area (Å²) in [7, 11) is 0. The quantitative estimate of drug-likeness (QED) is 0.877. The number of carbonyl (C=O) groups excluding carboxylic acids is 1. The first-order valence-corrected chi connectivity index (χ1v) is 5.18. The molecule has 0 fully saturated rings. The lowest BCUT2D eigenvalue weighted by Gasteiger charge is -2.10. The first-order valence-electron chi connectivity index (χ1n) is 5.18. The molecule has 0 saturated carbocycles. The number of amides is 1. The van der Waals surface area contributed by atoms with Crippen LogP contribution in [0.5, 0.6) is 0 Å². The minimum atomic E-state index is -0.700. The Bertz CT molecular complexity index is 579. The summed E-state index contributed by atoms with van der Waals surface area (Å²) >= 11 is 0. The monoisotopic (exact) mass is 248 g/mol. The molecule has 1 amide bonds. The molecule has 0 aliphatic rings. The van der Waals surface area contributed by atoms with E-state index in [1.54, 1.807) is 18.2 Å². The molecule has 0 aromatic heterocycles. The molecular formula is C13H10F2N2O. The number of anilines is 2. The molecule has 0 bridgehead atoms. The Labute approximate surface area is 102 Å². The summed E-state index contributed by atoms with van der Waals surface area (Å²) in [4.78, 5) is 11.2. The van der Waals surface area contributed by atoms with E-state index in [1.807, 2.05) is 0 Å². The van der Waals surface area contributed by atoms with E-state index in [0.29, 0.717) is 5.69 Å². The Morgan fingerprint density at radius 1 is 1.06 bits per heavy atom. The van der Waals surface area contributed by atoms with Gasteiger partial charge < -0.3 is 11.1 Å². The third-order valence-corrected chi connectivity index (χ3v) is 2.33. The van der Waals surface area contributed by atoms with Crippen LogP contribution in [0.1, 0.15) is 10.4 Å². The average molecular weight is 248 g/mol. The molecule has 0 atom stereocenters. The van der Waals surface area contributed by atoms with Crippen molar-refractivity contribution in [3.05, 3.63) is 59.7 Å². The van der Waals surface area contributed by atoms with Crippen molar-refractivity contribution in [1.29, 1.82) is 0 Å². The van der Waals surface area contributed by atoms with E-state index in [2.05, 4.69) is 5.32 Å². The SMILES string of the molecule is NC(=O)c1ccccc1Nc1cc(F)cc(F)c1. The summed E-state index contributed by atoms with van der Waals surface area (Å²) in [5.41, 5.74) is 6.06. The summed E-state index contributed by atoms with van der Waals surface area (Å²) in [6, 6.07) is 9.48.